The Bertz CT molecular complexity index is 1170. The fourth-order valence-electron chi connectivity index (χ4n) is 4.30. The minimum Gasteiger partial charge on any atom is -0.487 e. The molecule has 0 aliphatic carbocycles. The number of nitrogens with zero attached hydrogens (tertiary/aromatic N) is 2. The van der Waals surface area contributed by atoms with Crippen molar-refractivity contribution in [2.45, 2.75) is 25.0 Å². The molecule has 4 aromatic rings. The van der Waals surface area contributed by atoms with Crippen molar-refractivity contribution < 1.29 is 14.2 Å². The predicted octanol–water partition coefficient (Wildman–Crippen LogP) is 4.25. The summed E-state index contributed by atoms with van der Waals surface area (Å²) in [4.78, 5) is 4.93. The normalized spacial score (nSPS) is 22.6. The van der Waals surface area contributed by atoms with Crippen LogP contribution in [0, 0.1) is 0 Å². The zero-order valence-electron chi connectivity index (χ0n) is 15.8. The first kappa shape index (κ1) is 16.8. The van der Waals surface area contributed by atoms with Gasteiger partial charge in [-0.05, 0) is 17.7 Å². The Labute approximate surface area is 168 Å². The van der Waals surface area contributed by atoms with Gasteiger partial charge in [-0.15, -0.1) is 0 Å². The van der Waals surface area contributed by atoms with E-state index in [0.29, 0.717) is 19.8 Å². The van der Waals surface area contributed by atoms with Crippen molar-refractivity contribution in [3.05, 3.63) is 95.8 Å². The second kappa shape index (κ2) is 6.44. The largest absolute Gasteiger partial charge is 0.487 e. The Morgan fingerprint density at radius 2 is 1.76 bits per heavy atom. The van der Waals surface area contributed by atoms with Gasteiger partial charge in [0.25, 0.3) is 5.79 Å². The van der Waals surface area contributed by atoms with Crippen LogP contribution in [0.25, 0.3) is 11.0 Å². The van der Waals surface area contributed by atoms with Crippen molar-refractivity contribution in [3.63, 3.8) is 0 Å². The van der Waals surface area contributed by atoms with Crippen LogP contribution in [0.5, 0.6) is 5.75 Å². The van der Waals surface area contributed by atoms with E-state index >= 15 is 0 Å². The molecule has 144 valence electrons. The van der Waals surface area contributed by atoms with Crippen LogP contribution in [0.4, 0.5) is 0 Å². The van der Waals surface area contributed by atoms with E-state index in [0.717, 1.165) is 33.7 Å². The molecule has 0 radical (unpaired) electrons. The van der Waals surface area contributed by atoms with Gasteiger partial charge in [0, 0.05) is 5.56 Å². The third-order valence-electron chi connectivity index (χ3n) is 5.61. The van der Waals surface area contributed by atoms with Crippen molar-refractivity contribution in [1.82, 2.24) is 9.55 Å². The van der Waals surface area contributed by atoms with Gasteiger partial charge < -0.3 is 18.8 Å². The summed E-state index contributed by atoms with van der Waals surface area (Å²) >= 11 is 0. The van der Waals surface area contributed by atoms with Gasteiger partial charge >= 0.3 is 0 Å². The van der Waals surface area contributed by atoms with Crippen LogP contribution in [-0.4, -0.2) is 22.3 Å². The molecule has 0 saturated carbocycles. The molecule has 6 rings (SSSR count). The van der Waals surface area contributed by atoms with Gasteiger partial charge in [-0.3, -0.25) is 0 Å². The maximum atomic E-state index is 6.35. The number of imidazole rings is 1. The number of aromatic nitrogens is 2. The van der Waals surface area contributed by atoms with E-state index < -0.39 is 5.79 Å². The topological polar surface area (TPSA) is 45.5 Å². The maximum Gasteiger partial charge on any atom is 0.256 e. The number of rotatable bonds is 4. The first-order chi connectivity index (χ1) is 14.3. The molecule has 3 aromatic carbocycles. The summed E-state index contributed by atoms with van der Waals surface area (Å²) in [6.45, 7) is 1.76. The highest BCUT2D eigenvalue weighted by Gasteiger charge is 2.52. The van der Waals surface area contributed by atoms with E-state index in [4.69, 9.17) is 19.2 Å². The first-order valence-corrected chi connectivity index (χ1v) is 9.87. The van der Waals surface area contributed by atoms with Crippen LogP contribution >= 0.6 is 0 Å². The summed E-state index contributed by atoms with van der Waals surface area (Å²) in [6.07, 6.45) is -0.0118. The second-order valence-electron chi connectivity index (χ2n) is 7.48. The molecule has 2 aliphatic rings. The monoisotopic (exact) mass is 384 g/mol. The minimum absolute atomic E-state index is 0.0118. The highest BCUT2D eigenvalue weighted by Crippen LogP contribution is 2.46. The summed E-state index contributed by atoms with van der Waals surface area (Å²) < 4.78 is 21.0. The van der Waals surface area contributed by atoms with Crippen molar-refractivity contribution in [2.75, 3.05) is 6.61 Å². The zero-order chi connectivity index (χ0) is 19.3. The van der Waals surface area contributed by atoms with Gasteiger partial charge in [-0.2, -0.15) is 0 Å². The van der Waals surface area contributed by atoms with Crippen LogP contribution in [0.3, 0.4) is 0 Å². The lowest BCUT2D eigenvalue weighted by Crippen LogP contribution is -2.38. The number of para-hydroxylation sites is 1. The van der Waals surface area contributed by atoms with Gasteiger partial charge in [0.15, 0.2) is 5.82 Å². The lowest BCUT2D eigenvalue weighted by Gasteiger charge is -2.32. The SMILES string of the molecule is c1ccc(COc2cccc3nc4n(c23)CC2COC4(c3ccccc3)O2)cc1. The fraction of sp³-hybridized carbons (Fsp3) is 0.208. The minimum atomic E-state index is -0.958. The number of hydrogen-bond acceptors (Lipinski definition) is 4. The highest BCUT2D eigenvalue weighted by atomic mass is 16.7. The molecule has 0 spiro atoms. The van der Waals surface area contributed by atoms with E-state index in [-0.39, 0.29) is 6.10 Å². The molecule has 2 aliphatic heterocycles. The summed E-state index contributed by atoms with van der Waals surface area (Å²) in [6, 6.07) is 26.3. The Balaban J connectivity index is 1.47. The van der Waals surface area contributed by atoms with Crippen molar-refractivity contribution in [1.29, 1.82) is 0 Å². The van der Waals surface area contributed by atoms with Crippen molar-refractivity contribution in [3.8, 4) is 5.75 Å². The fourth-order valence-corrected chi connectivity index (χ4v) is 4.30. The number of ether oxygens (including phenoxy) is 3. The van der Waals surface area contributed by atoms with Crippen LogP contribution in [0.2, 0.25) is 0 Å². The van der Waals surface area contributed by atoms with Gasteiger partial charge in [0.2, 0.25) is 0 Å². The first-order valence-electron chi connectivity index (χ1n) is 9.87. The Kier molecular flexibility index (Phi) is 3.72. The van der Waals surface area contributed by atoms with Crippen molar-refractivity contribution in [2.24, 2.45) is 0 Å². The quantitative estimate of drug-likeness (QED) is 0.528. The van der Waals surface area contributed by atoms with Gasteiger partial charge in [-0.25, -0.2) is 4.98 Å². The van der Waals surface area contributed by atoms with E-state index in [9.17, 15) is 0 Å². The Morgan fingerprint density at radius 1 is 0.966 bits per heavy atom. The smallest absolute Gasteiger partial charge is 0.256 e. The standard InChI is InChI=1S/C24H20N2O3/c1-3-8-17(9-4-1)15-27-21-13-7-12-20-22(21)26-14-19-16-28-24(29-19,23(26)25-20)18-10-5-2-6-11-18/h1-13,19H,14-16H2. The molecule has 1 fully saturated rings. The third-order valence-corrected chi connectivity index (χ3v) is 5.61. The number of hydrogen-bond donors (Lipinski definition) is 0. The molecule has 5 nitrogen and oxygen atoms in total. The molecule has 29 heavy (non-hydrogen) atoms. The van der Waals surface area contributed by atoms with Gasteiger partial charge in [0.1, 0.15) is 24.0 Å². The number of fused-ring (bicyclic) bond motifs is 6. The lowest BCUT2D eigenvalue weighted by atomic mass is 10.0. The molecule has 2 atom stereocenters. The van der Waals surface area contributed by atoms with E-state index in [2.05, 4.69) is 16.7 Å². The van der Waals surface area contributed by atoms with Crippen LogP contribution < -0.4 is 4.74 Å². The second-order valence-corrected chi connectivity index (χ2v) is 7.48. The lowest BCUT2D eigenvalue weighted by molar-refractivity contribution is -0.162. The molecule has 2 bridgehead atoms. The molecular formula is C24H20N2O3. The zero-order valence-corrected chi connectivity index (χ0v) is 15.8. The van der Waals surface area contributed by atoms with Crippen molar-refractivity contribution >= 4 is 11.0 Å². The van der Waals surface area contributed by atoms with Crippen LogP contribution in [-0.2, 0) is 28.4 Å². The third kappa shape index (κ3) is 2.58. The molecule has 5 heteroatoms. The molecule has 3 heterocycles. The molecule has 0 amide bonds. The van der Waals surface area contributed by atoms with Gasteiger partial charge in [0.05, 0.1) is 18.7 Å². The van der Waals surface area contributed by atoms with Crippen LogP contribution in [0.1, 0.15) is 17.0 Å². The predicted molar refractivity (Wildman–Crippen MR) is 109 cm³/mol. The maximum absolute atomic E-state index is 6.35. The summed E-state index contributed by atoms with van der Waals surface area (Å²) in [7, 11) is 0. The number of benzene rings is 3. The molecule has 2 unspecified atom stereocenters. The highest BCUT2D eigenvalue weighted by molar-refractivity contribution is 5.83. The summed E-state index contributed by atoms with van der Waals surface area (Å²) in [5, 5.41) is 0. The van der Waals surface area contributed by atoms with E-state index in [1.807, 2.05) is 66.7 Å². The van der Waals surface area contributed by atoms with Crippen LogP contribution in [0.15, 0.2) is 78.9 Å². The molecule has 1 saturated heterocycles. The molecular weight excluding hydrogens is 364 g/mol. The summed E-state index contributed by atoms with van der Waals surface area (Å²) in [5.41, 5.74) is 3.99. The van der Waals surface area contributed by atoms with E-state index in [1.54, 1.807) is 0 Å². The average molecular weight is 384 g/mol. The average Bonchev–Trinajstić information content (AvgIpc) is 3.35. The Morgan fingerprint density at radius 3 is 2.59 bits per heavy atom. The summed E-state index contributed by atoms with van der Waals surface area (Å²) in [5.74, 6) is 0.651. The van der Waals surface area contributed by atoms with Gasteiger partial charge in [-0.1, -0.05) is 66.7 Å². The molecule has 0 N–H and O–H groups in total. The van der Waals surface area contributed by atoms with E-state index in [1.165, 1.54) is 0 Å². The Hall–Kier alpha value is -3.15. The molecule has 1 aromatic heterocycles.